The van der Waals surface area contributed by atoms with Crippen LogP contribution in [0.3, 0.4) is 0 Å². The summed E-state index contributed by atoms with van der Waals surface area (Å²) in [7, 11) is 0. The van der Waals surface area contributed by atoms with Crippen LogP contribution >= 0.6 is 11.6 Å². The molecule has 116 valence electrons. The van der Waals surface area contributed by atoms with Gasteiger partial charge in [0.2, 0.25) is 0 Å². The molecule has 1 aliphatic heterocycles. The molecule has 1 aliphatic carbocycles. The van der Waals surface area contributed by atoms with Crippen molar-refractivity contribution in [3.63, 3.8) is 0 Å². The first-order valence-corrected chi connectivity index (χ1v) is 8.29. The fourth-order valence-electron chi connectivity index (χ4n) is 4.20. The molecule has 0 amide bonds. The van der Waals surface area contributed by atoms with Gasteiger partial charge in [-0.15, -0.1) is 0 Å². The van der Waals surface area contributed by atoms with E-state index in [4.69, 9.17) is 11.6 Å². The third-order valence-electron chi connectivity index (χ3n) is 5.43. The maximum absolute atomic E-state index is 14.0. The topological polar surface area (TPSA) is 23.5 Å². The molecule has 1 saturated carbocycles. The van der Waals surface area contributed by atoms with Crippen molar-refractivity contribution in [3.05, 3.63) is 34.6 Å². The standard InChI is InChI=1S/C17H23ClFNO/c1-2-17(21)8-4-6-12-9-20(11-14(12)17)10-13-5-3-7-15(18)16(13)19/h3,5,7,12,14,21H,2,4,6,8-11H2,1H3/t12-,14+,17-/m1/s1. The van der Waals surface area contributed by atoms with Crippen LogP contribution < -0.4 is 0 Å². The van der Waals surface area contributed by atoms with Gasteiger partial charge in [-0.3, -0.25) is 4.90 Å². The lowest BCUT2D eigenvalue weighted by Crippen LogP contribution is -2.44. The molecule has 2 nitrogen and oxygen atoms in total. The zero-order valence-electron chi connectivity index (χ0n) is 12.5. The second kappa shape index (κ2) is 5.86. The summed E-state index contributed by atoms with van der Waals surface area (Å²) >= 11 is 5.86. The van der Waals surface area contributed by atoms with E-state index in [-0.39, 0.29) is 10.8 Å². The summed E-state index contributed by atoms with van der Waals surface area (Å²) in [6, 6.07) is 5.18. The Morgan fingerprint density at radius 2 is 2.24 bits per heavy atom. The molecule has 1 saturated heterocycles. The number of nitrogens with zero attached hydrogens (tertiary/aromatic N) is 1. The van der Waals surface area contributed by atoms with E-state index in [0.29, 0.717) is 23.9 Å². The van der Waals surface area contributed by atoms with Crippen LogP contribution in [0.1, 0.15) is 38.2 Å². The molecule has 0 aromatic heterocycles. The molecule has 21 heavy (non-hydrogen) atoms. The van der Waals surface area contributed by atoms with Gasteiger partial charge in [-0.1, -0.05) is 37.1 Å². The van der Waals surface area contributed by atoms with Gasteiger partial charge in [0, 0.05) is 31.1 Å². The Morgan fingerprint density at radius 3 is 3.00 bits per heavy atom. The molecule has 1 aromatic carbocycles. The van der Waals surface area contributed by atoms with Crippen molar-refractivity contribution in [2.75, 3.05) is 13.1 Å². The predicted octanol–water partition coefficient (Wildman–Crippen LogP) is 3.85. The Hall–Kier alpha value is -0.640. The summed E-state index contributed by atoms with van der Waals surface area (Å²) < 4.78 is 14.0. The number of rotatable bonds is 3. The Labute approximate surface area is 130 Å². The zero-order chi connectivity index (χ0) is 15.0. The summed E-state index contributed by atoms with van der Waals surface area (Å²) in [6.07, 6.45) is 4.00. The highest BCUT2D eigenvalue weighted by molar-refractivity contribution is 6.30. The third kappa shape index (κ3) is 2.84. The molecule has 0 radical (unpaired) electrons. The lowest BCUT2D eigenvalue weighted by Gasteiger charge is -2.40. The largest absolute Gasteiger partial charge is 0.390 e. The molecule has 4 heteroatoms. The van der Waals surface area contributed by atoms with Gasteiger partial charge in [-0.2, -0.15) is 0 Å². The second-order valence-corrected chi connectivity index (χ2v) is 7.03. The van der Waals surface area contributed by atoms with Crippen LogP contribution in [-0.2, 0) is 6.54 Å². The lowest BCUT2D eigenvalue weighted by atomic mass is 9.69. The van der Waals surface area contributed by atoms with E-state index in [1.807, 2.05) is 0 Å². The number of fused-ring (bicyclic) bond motifs is 1. The minimum atomic E-state index is -0.523. The van der Waals surface area contributed by atoms with Crippen LogP contribution in [0.15, 0.2) is 18.2 Å². The molecule has 0 bridgehead atoms. The second-order valence-electron chi connectivity index (χ2n) is 6.62. The fraction of sp³-hybridized carbons (Fsp3) is 0.647. The van der Waals surface area contributed by atoms with Gasteiger partial charge in [0.1, 0.15) is 5.82 Å². The molecule has 3 rings (SSSR count). The summed E-state index contributed by atoms with van der Waals surface area (Å²) in [6.45, 7) is 4.47. The van der Waals surface area contributed by atoms with Gasteiger partial charge in [0.25, 0.3) is 0 Å². The molecule has 1 heterocycles. The highest BCUT2D eigenvalue weighted by Gasteiger charge is 2.47. The van der Waals surface area contributed by atoms with Crippen LogP contribution in [0.25, 0.3) is 0 Å². The van der Waals surface area contributed by atoms with Crippen LogP contribution in [0, 0.1) is 17.7 Å². The number of likely N-dealkylation sites (tertiary alicyclic amines) is 1. The van der Waals surface area contributed by atoms with Gasteiger partial charge < -0.3 is 5.11 Å². The summed E-state index contributed by atoms with van der Waals surface area (Å²) in [5.74, 6) is 0.573. The molecule has 1 aromatic rings. The van der Waals surface area contributed by atoms with E-state index in [1.54, 1.807) is 18.2 Å². The Kier molecular flexibility index (Phi) is 4.26. The quantitative estimate of drug-likeness (QED) is 0.916. The van der Waals surface area contributed by atoms with Gasteiger partial charge >= 0.3 is 0 Å². The van der Waals surface area contributed by atoms with Crippen molar-refractivity contribution >= 4 is 11.6 Å². The van der Waals surface area contributed by atoms with Crippen molar-refractivity contribution in [2.45, 2.75) is 44.8 Å². The number of hydrogen-bond donors (Lipinski definition) is 1. The van der Waals surface area contributed by atoms with E-state index < -0.39 is 5.60 Å². The Balaban J connectivity index is 1.73. The van der Waals surface area contributed by atoms with E-state index >= 15 is 0 Å². The number of aliphatic hydroxyl groups is 1. The monoisotopic (exact) mass is 311 g/mol. The minimum absolute atomic E-state index is 0.189. The maximum atomic E-state index is 14.0. The maximum Gasteiger partial charge on any atom is 0.146 e. The molecule has 3 atom stereocenters. The minimum Gasteiger partial charge on any atom is -0.390 e. The number of benzene rings is 1. The molecular weight excluding hydrogens is 289 g/mol. The average Bonchev–Trinajstić information content (AvgIpc) is 2.88. The van der Waals surface area contributed by atoms with Crippen LogP contribution in [-0.4, -0.2) is 28.7 Å². The highest BCUT2D eigenvalue weighted by atomic mass is 35.5. The van der Waals surface area contributed by atoms with E-state index in [9.17, 15) is 9.50 Å². The van der Waals surface area contributed by atoms with Crippen molar-refractivity contribution < 1.29 is 9.50 Å². The molecule has 1 N–H and O–H groups in total. The molecule has 0 unspecified atom stereocenters. The van der Waals surface area contributed by atoms with E-state index in [0.717, 1.165) is 32.4 Å². The summed E-state index contributed by atoms with van der Waals surface area (Å²) in [4.78, 5) is 2.27. The van der Waals surface area contributed by atoms with E-state index in [1.165, 1.54) is 6.42 Å². The van der Waals surface area contributed by atoms with Gasteiger partial charge in [-0.05, 0) is 31.2 Å². The van der Waals surface area contributed by atoms with Crippen molar-refractivity contribution in [2.24, 2.45) is 11.8 Å². The normalized spacial score (nSPS) is 33.1. The Morgan fingerprint density at radius 1 is 1.43 bits per heavy atom. The summed E-state index contributed by atoms with van der Waals surface area (Å²) in [5, 5.41) is 11.0. The molecular formula is C17H23ClFNO. The van der Waals surface area contributed by atoms with Gasteiger partial charge in [-0.25, -0.2) is 4.39 Å². The first-order valence-electron chi connectivity index (χ1n) is 7.91. The smallest absolute Gasteiger partial charge is 0.146 e. The van der Waals surface area contributed by atoms with Crippen molar-refractivity contribution in [1.29, 1.82) is 0 Å². The first-order chi connectivity index (χ1) is 10.0. The predicted molar refractivity (Wildman–Crippen MR) is 82.8 cm³/mol. The van der Waals surface area contributed by atoms with E-state index in [2.05, 4.69) is 11.8 Å². The highest BCUT2D eigenvalue weighted by Crippen LogP contribution is 2.44. The van der Waals surface area contributed by atoms with Gasteiger partial charge in [0.15, 0.2) is 0 Å². The van der Waals surface area contributed by atoms with Crippen LogP contribution in [0.4, 0.5) is 4.39 Å². The molecule has 2 aliphatic rings. The van der Waals surface area contributed by atoms with Gasteiger partial charge in [0.05, 0.1) is 10.6 Å². The number of halogens is 2. The fourth-order valence-corrected chi connectivity index (χ4v) is 4.39. The van der Waals surface area contributed by atoms with Crippen molar-refractivity contribution in [1.82, 2.24) is 4.90 Å². The SMILES string of the molecule is CC[C@@]1(O)CCC[C@@H]2CN(Cc3cccc(Cl)c3F)C[C@@H]21. The summed E-state index contributed by atoms with van der Waals surface area (Å²) in [5.41, 5.74) is 0.131. The molecule has 0 spiro atoms. The van der Waals surface area contributed by atoms with Crippen molar-refractivity contribution in [3.8, 4) is 0 Å². The molecule has 2 fully saturated rings. The van der Waals surface area contributed by atoms with Crippen LogP contribution in [0.2, 0.25) is 5.02 Å². The average molecular weight is 312 g/mol. The lowest BCUT2D eigenvalue weighted by molar-refractivity contribution is -0.0613. The zero-order valence-corrected chi connectivity index (χ0v) is 13.2. The Bertz CT molecular complexity index is 524. The number of hydrogen-bond acceptors (Lipinski definition) is 2. The third-order valence-corrected chi connectivity index (χ3v) is 5.72. The van der Waals surface area contributed by atoms with Crippen LogP contribution in [0.5, 0.6) is 0 Å². The first kappa shape index (κ1) is 15.3.